The van der Waals surface area contributed by atoms with Crippen LogP contribution in [0.5, 0.6) is 0 Å². The van der Waals surface area contributed by atoms with Crippen molar-refractivity contribution in [3.05, 3.63) is 63.6 Å². The van der Waals surface area contributed by atoms with Crippen molar-refractivity contribution in [1.29, 1.82) is 0 Å². The van der Waals surface area contributed by atoms with E-state index in [0.29, 0.717) is 10.7 Å². The molecule has 1 N–H and O–H groups in total. The molecule has 3 amide bonds. The van der Waals surface area contributed by atoms with Gasteiger partial charge in [-0.2, -0.15) is 0 Å². The van der Waals surface area contributed by atoms with Gasteiger partial charge in [-0.3, -0.25) is 24.1 Å². The van der Waals surface area contributed by atoms with Crippen LogP contribution in [0.2, 0.25) is 10.0 Å². The maximum Gasteiger partial charge on any atom is 0.326 e. The van der Waals surface area contributed by atoms with Gasteiger partial charge in [0, 0.05) is 5.02 Å². The van der Waals surface area contributed by atoms with Gasteiger partial charge in [-0.1, -0.05) is 35.3 Å². The number of ether oxygens (including phenoxy) is 1. The first-order chi connectivity index (χ1) is 13.3. The van der Waals surface area contributed by atoms with Gasteiger partial charge in [0.05, 0.1) is 21.8 Å². The molecule has 0 bridgehead atoms. The lowest BCUT2D eigenvalue weighted by molar-refractivity contribution is -0.153. The zero-order valence-corrected chi connectivity index (χ0v) is 16.1. The Hall–Kier alpha value is -2.90. The summed E-state index contributed by atoms with van der Waals surface area (Å²) in [7, 11) is 0. The molecular weight excluding hydrogens is 407 g/mol. The Balaban J connectivity index is 1.59. The third-order valence-corrected chi connectivity index (χ3v) is 4.58. The van der Waals surface area contributed by atoms with Crippen molar-refractivity contribution in [2.75, 3.05) is 11.9 Å². The summed E-state index contributed by atoms with van der Waals surface area (Å²) >= 11 is 11.8. The fraction of sp³-hybridized carbons (Fsp3) is 0.158. The molecule has 0 saturated heterocycles. The highest BCUT2D eigenvalue weighted by Gasteiger charge is 2.37. The van der Waals surface area contributed by atoms with Crippen LogP contribution < -0.4 is 5.32 Å². The third-order valence-electron chi connectivity index (χ3n) is 4.03. The molecule has 1 atom stereocenters. The molecular formula is C19H14Cl2N2O5. The highest BCUT2D eigenvalue weighted by molar-refractivity contribution is 6.36. The summed E-state index contributed by atoms with van der Waals surface area (Å²) < 4.78 is 5.04. The topological polar surface area (TPSA) is 92.8 Å². The van der Waals surface area contributed by atoms with Gasteiger partial charge in [0.2, 0.25) is 0 Å². The van der Waals surface area contributed by atoms with Crippen LogP contribution in [0.15, 0.2) is 42.5 Å². The third kappa shape index (κ3) is 4.00. The van der Waals surface area contributed by atoms with Gasteiger partial charge < -0.3 is 10.1 Å². The number of rotatable bonds is 5. The summed E-state index contributed by atoms with van der Waals surface area (Å²) in [6, 6.07) is 10.8. The molecule has 144 valence electrons. The van der Waals surface area contributed by atoms with Crippen molar-refractivity contribution in [3.63, 3.8) is 0 Å². The van der Waals surface area contributed by atoms with Crippen LogP contribution in [0.1, 0.15) is 27.6 Å². The average Bonchev–Trinajstić information content (AvgIpc) is 2.89. The van der Waals surface area contributed by atoms with Crippen molar-refractivity contribution in [2.24, 2.45) is 0 Å². The number of hydrogen-bond donors (Lipinski definition) is 1. The Kier molecular flexibility index (Phi) is 5.67. The number of carbonyl (C=O) groups excluding carboxylic acids is 4. The molecule has 0 fully saturated rings. The van der Waals surface area contributed by atoms with Crippen molar-refractivity contribution < 1.29 is 23.9 Å². The lowest BCUT2D eigenvalue weighted by Crippen LogP contribution is -2.38. The number of anilines is 1. The van der Waals surface area contributed by atoms with E-state index in [9.17, 15) is 19.2 Å². The Morgan fingerprint density at radius 1 is 1.07 bits per heavy atom. The molecule has 0 aromatic heterocycles. The highest BCUT2D eigenvalue weighted by atomic mass is 35.5. The van der Waals surface area contributed by atoms with Gasteiger partial charge in [-0.25, -0.2) is 0 Å². The largest absolute Gasteiger partial charge is 0.451 e. The van der Waals surface area contributed by atoms with Crippen LogP contribution >= 0.6 is 23.2 Å². The van der Waals surface area contributed by atoms with Crippen molar-refractivity contribution in [1.82, 2.24) is 4.90 Å². The smallest absolute Gasteiger partial charge is 0.326 e. The van der Waals surface area contributed by atoms with Crippen LogP contribution in [-0.2, 0) is 14.3 Å². The molecule has 0 aliphatic carbocycles. The van der Waals surface area contributed by atoms with Gasteiger partial charge in [0.1, 0.15) is 6.54 Å². The number of amides is 3. The molecule has 9 heteroatoms. The lowest BCUT2D eigenvalue weighted by atomic mass is 10.1. The molecule has 3 rings (SSSR count). The Morgan fingerprint density at radius 2 is 1.68 bits per heavy atom. The lowest BCUT2D eigenvalue weighted by Gasteiger charge is -2.17. The zero-order chi connectivity index (χ0) is 20.4. The van der Waals surface area contributed by atoms with Gasteiger partial charge in [0.25, 0.3) is 17.7 Å². The second-order valence-electron chi connectivity index (χ2n) is 5.99. The summed E-state index contributed by atoms with van der Waals surface area (Å²) in [5.74, 6) is -2.68. The van der Waals surface area contributed by atoms with Gasteiger partial charge in [0.15, 0.2) is 6.10 Å². The molecule has 1 heterocycles. The molecule has 7 nitrogen and oxygen atoms in total. The number of carbonyl (C=O) groups is 4. The Morgan fingerprint density at radius 3 is 2.25 bits per heavy atom. The molecule has 2 aromatic carbocycles. The van der Waals surface area contributed by atoms with Crippen LogP contribution in [0, 0.1) is 0 Å². The van der Waals surface area contributed by atoms with E-state index < -0.39 is 36.3 Å². The maximum atomic E-state index is 12.3. The zero-order valence-electron chi connectivity index (χ0n) is 14.6. The van der Waals surface area contributed by atoms with Crippen molar-refractivity contribution >= 4 is 52.6 Å². The van der Waals surface area contributed by atoms with Crippen molar-refractivity contribution in [2.45, 2.75) is 13.0 Å². The van der Waals surface area contributed by atoms with Gasteiger partial charge in [-0.05, 0) is 37.3 Å². The van der Waals surface area contributed by atoms with Crippen LogP contribution in [0.25, 0.3) is 0 Å². The molecule has 1 aliphatic rings. The van der Waals surface area contributed by atoms with E-state index in [1.807, 2.05) is 0 Å². The monoisotopic (exact) mass is 420 g/mol. The Labute approximate surface area is 170 Å². The van der Waals surface area contributed by atoms with Crippen LogP contribution in [0.3, 0.4) is 0 Å². The number of hydrogen-bond acceptors (Lipinski definition) is 5. The van der Waals surface area contributed by atoms with E-state index in [1.54, 1.807) is 18.2 Å². The van der Waals surface area contributed by atoms with E-state index in [0.717, 1.165) is 4.90 Å². The number of nitrogens with zero attached hydrogens (tertiary/aromatic N) is 1. The standard InChI is InChI=1S/C19H14Cl2N2O5/c1-10(17(25)22-15-7-6-11(20)8-14(15)21)28-16(24)9-23-18(26)12-4-2-3-5-13(12)19(23)27/h2-8,10H,9H2,1H3,(H,22,25)/t10-/m0/s1. The first-order valence-corrected chi connectivity index (χ1v) is 8.94. The minimum atomic E-state index is -1.17. The molecule has 2 aromatic rings. The second kappa shape index (κ2) is 8.00. The summed E-state index contributed by atoms with van der Waals surface area (Å²) in [5, 5.41) is 3.15. The molecule has 0 unspecified atom stereocenters. The molecule has 28 heavy (non-hydrogen) atoms. The van der Waals surface area contributed by atoms with Crippen molar-refractivity contribution in [3.8, 4) is 0 Å². The quantitative estimate of drug-likeness (QED) is 0.592. The van der Waals surface area contributed by atoms with Gasteiger partial charge in [-0.15, -0.1) is 0 Å². The number of benzene rings is 2. The number of nitrogens with one attached hydrogen (secondary N) is 1. The van der Waals surface area contributed by atoms with E-state index in [1.165, 1.54) is 31.2 Å². The van der Waals surface area contributed by atoms with Crippen LogP contribution in [0.4, 0.5) is 5.69 Å². The summed E-state index contributed by atoms with van der Waals surface area (Å²) in [6.45, 7) is 0.769. The highest BCUT2D eigenvalue weighted by Crippen LogP contribution is 2.26. The van der Waals surface area contributed by atoms with E-state index >= 15 is 0 Å². The molecule has 0 radical (unpaired) electrons. The van der Waals surface area contributed by atoms with Gasteiger partial charge >= 0.3 is 5.97 Å². The van der Waals surface area contributed by atoms with E-state index in [4.69, 9.17) is 27.9 Å². The Bertz CT molecular complexity index is 957. The summed E-state index contributed by atoms with van der Waals surface area (Å²) in [6.07, 6.45) is -1.17. The predicted molar refractivity (Wildman–Crippen MR) is 102 cm³/mol. The fourth-order valence-electron chi connectivity index (χ4n) is 2.63. The number of halogens is 2. The molecule has 0 saturated carbocycles. The minimum Gasteiger partial charge on any atom is -0.451 e. The first kappa shape index (κ1) is 19.9. The molecule has 0 spiro atoms. The number of imide groups is 1. The normalized spacial score (nSPS) is 13.9. The SMILES string of the molecule is C[C@H](OC(=O)CN1C(=O)c2ccccc2C1=O)C(=O)Nc1ccc(Cl)cc1Cl. The average molecular weight is 421 g/mol. The van der Waals surface area contributed by atoms with E-state index in [-0.39, 0.29) is 16.1 Å². The maximum absolute atomic E-state index is 12.3. The minimum absolute atomic E-state index is 0.225. The first-order valence-electron chi connectivity index (χ1n) is 8.18. The van der Waals surface area contributed by atoms with Crippen LogP contribution in [-0.4, -0.2) is 41.2 Å². The predicted octanol–water partition coefficient (Wildman–Crippen LogP) is 3.16. The fourth-order valence-corrected chi connectivity index (χ4v) is 3.08. The number of esters is 1. The molecule has 1 aliphatic heterocycles. The summed E-state index contributed by atoms with van der Waals surface area (Å²) in [5.41, 5.74) is 0.756. The summed E-state index contributed by atoms with van der Waals surface area (Å²) in [4.78, 5) is 49.6. The second-order valence-corrected chi connectivity index (χ2v) is 6.83. The number of fused-ring (bicyclic) bond motifs is 1. The van der Waals surface area contributed by atoms with E-state index in [2.05, 4.69) is 5.32 Å².